The number of hydrogen-bond donors (Lipinski definition) is 2. The van der Waals surface area contributed by atoms with Crippen LogP contribution in [0.15, 0.2) is 36.5 Å². The second-order valence-electron chi connectivity index (χ2n) is 12.2. The lowest BCUT2D eigenvalue weighted by Gasteiger charge is -2.43. The number of nitrogens with one attached hydrogen (secondary N) is 1. The molecular formula is C30H42FN5O3. The van der Waals surface area contributed by atoms with Gasteiger partial charge in [0.25, 0.3) is 0 Å². The first-order valence-corrected chi connectivity index (χ1v) is 14.1. The van der Waals surface area contributed by atoms with Crippen molar-refractivity contribution in [2.75, 3.05) is 57.4 Å². The predicted octanol–water partition coefficient (Wildman–Crippen LogP) is 2.50. The van der Waals surface area contributed by atoms with Crippen molar-refractivity contribution < 1.29 is 19.0 Å². The molecule has 3 aliphatic rings. The fourth-order valence-corrected chi connectivity index (χ4v) is 6.09. The summed E-state index contributed by atoms with van der Waals surface area (Å²) in [6.07, 6.45) is 1.25. The summed E-state index contributed by atoms with van der Waals surface area (Å²) < 4.78 is 18.9. The first kappa shape index (κ1) is 28.1. The summed E-state index contributed by atoms with van der Waals surface area (Å²) in [4.78, 5) is 25.3. The van der Waals surface area contributed by atoms with Gasteiger partial charge in [-0.3, -0.25) is 19.6 Å². The van der Waals surface area contributed by atoms with Crippen molar-refractivity contribution in [2.24, 2.45) is 0 Å². The molecule has 2 N–H and O–H groups in total. The molecule has 4 heterocycles. The molecule has 4 atom stereocenters. The van der Waals surface area contributed by atoms with Gasteiger partial charge in [-0.2, -0.15) is 0 Å². The molecule has 0 aliphatic carbocycles. The Labute approximate surface area is 231 Å². The second-order valence-corrected chi connectivity index (χ2v) is 12.2. The van der Waals surface area contributed by atoms with Crippen LogP contribution < -0.4 is 10.2 Å². The number of nitrogens with zero attached hydrogens (tertiary/aromatic N) is 4. The molecule has 0 spiro atoms. The number of anilines is 1. The summed E-state index contributed by atoms with van der Waals surface area (Å²) in [5.41, 5.74) is 2.86. The smallest absolute Gasteiger partial charge is 0.241 e. The summed E-state index contributed by atoms with van der Waals surface area (Å²) in [7, 11) is 0. The van der Waals surface area contributed by atoms with E-state index in [1.165, 1.54) is 12.1 Å². The number of amides is 1. The van der Waals surface area contributed by atoms with Gasteiger partial charge in [-0.15, -0.1) is 0 Å². The lowest BCUT2D eigenvalue weighted by atomic mass is 9.91. The number of hydrogen-bond acceptors (Lipinski definition) is 7. The zero-order valence-electron chi connectivity index (χ0n) is 23.6. The van der Waals surface area contributed by atoms with Crippen LogP contribution in [0, 0.1) is 5.82 Å². The van der Waals surface area contributed by atoms with E-state index in [0.717, 1.165) is 56.3 Å². The minimum atomic E-state index is -0.803. The third-order valence-corrected chi connectivity index (χ3v) is 8.42. The first-order valence-electron chi connectivity index (χ1n) is 14.1. The molecule has 2 aromatic rings. The highest BCUT2D eigenvalue weighted by Crippen LogP contribution is 2.40. The average molecular weight is 540 g/mol. The van der Waals surface area contributed by atoms with Gasteiger partial charge < -0.3 is 20.1 Å². The number of carbonyl (C=O) groups is 1. The Kier molecular flexibility index (Phi) is 8.35. The molecule has 2 saturated heterocycles. The van der Waals surface area contributed by atoms with Crippen LogP contribution in [0.4, 0.5) is 10.1 Å². The Morgan fingerprint density at radius 2 is 2.03 bits per heavy atom. The molecule has 8 nitrogen and oxygen atoms in total. The lowest BCUT2D eigenvalue weighted by Crippen LogP contribution is -2.62. The number of aliphatic hydroxyl groups is 1. The van der Waals surface area contributed by atoms with E-state index >= 15 is 0 Å². The fraction of sp³-hybridized carbons (Fsp3) is 0.600. The highest BCUT2D eigenvalue weighted by atomic mass is 19.1. The topological polar surface area (TPSA) is 81.2 Å². The predicted molar refractivity (Wildman–Crippen MR) is 149 cm³/mol. The van der Waals surface area contributed by atoms with Gasteiger partial charge in [0, 0.05) is 74.4 Å². The van der Waals surface area contributed by atoms with Crippen LogP contribution in [0.25, 0.3) is 0 Å². The van der Waals surface area contributed by atoms with E-state index in [0.29, 0.717) is 37.2 Å². The van der Waals surface area contributed by atoms with Crippen molar-refractivity contribution in [2.45, 2.75) is 63.8 Å². The standard InChI is InChI=1S/C30H42FN5O3/c1-20-15-35(25(14-32-20)16-34-9-10-39-18-21(34)2)17-28(38)36-19-30(3,4)29-26(36)12-23(13-33-29)27(37)11-22-5-7-24(31)8-6-22/h5-8,12-13,20-21,25,27,32,37H,9-11,14-19H2,1-4H3/t20-,21-,25-,27?/m1/s1. The molecule has 9 heteroatoms. The Bertz CT molecular complexity index is 1160. The number of fused-ring (bicyclic) bond motifs is 1. The van der Waals surface area contributed by atoms with Crippen LogP contribution in [-0.4, -0.2) is 96.4 Å². The van der Waals surface area contributed by atoms with E-state index in [1.807, 2.05) is 11.0 Å². The summed E-state index contributed by atoms with van der Waals surface area (Å²) in [6.45, 7) is 14.5. The van der Waals surface area contributed by atoms with E-state index < -0.39 is 6.10 Å². The van der Waals surface area contributed by atoms with Gasteiger partial charge in [-0.25, -0.2) is 4.39 Å². The molecule has 1 aromatic heterocycles. The van der Waals surface area contributed by atoms with Gasteiger partial charge in [-0.05, 0) is 37.6 Å². The molecule has 212 valence electrons. The van der Waals surface area contributed by atoms with Crippen LogP contribution in [0.2, 0.25) is 0 Å². The quantitative estimate of drug-likeness (QED) is 0.560. The molecule has 1 amide bonds. The van der Waals surface area contributed by atoms with Crippen molar-refractivity contribution in [1.82, 2.24) is 20.1 Å². The zero-order valence-corrected chi connectivity index (χ0v) is 23.6. The summed E-state index contributed by atoms with van der Waals surface area (Å²) >= 11 is 0. The number of piperazine rings is 1. The number of rotatable bonds is 7. The van der Waals surface area contributed by atoms with Crippen molar-refractivity contribution in [3.05, 3.63) is 59.2 Å². The monoisotopic (exact) mass is 539 g/mol. The van der Waals surface area contributed by atoms with Crippen LogP contribution in [-0.2, 0) is 21.4 Å². The molecule has 3 aliphatic heterocycles. The number of benzene rings is 1. The number of carbonyl (C=O) groups excluding carboxylic acids is 1. The third kappa shape index (κ3) is 6.33. The summed E-state index contributed by atoms with van der Waals surface area (Å²) in [5.74, 6) is -0.243. The maximum atomic E-state index is 13.9. The van der Waals surface area contributed by atoms with Gasteiger partial charge in [0.2, 0.25) is 5.91 Å². The normalized spacial score (nSPS) is 26.4. The molecule has 2 fully saturated rings. The van der Waals surface area contributed by atoms with Crippen LogP contribution >= 0.6 is 0 Å². The highest BCUT2D eigenvalue weighted by molar-refractivity contribution is 5.97. The molecule has 1 aromatic carbocycles. The van der Waals surface area contributed by atoms with Gasteiger partial charge in [0.05, 0.1) is 37.2 Å². The average Bonchev–Trinajstić information content (AvgIpc) is 3.18. The molecule has 0 bridgehead atoms. The van der Waals surface area contributed by atoms with E-state index in [2.05, 4.69) is 42.8 Å². The number of pyridine rings is 1. The first-order chi connectivity index (χ1) is 18.6. The third-order valence-electron chi connectivity index (χ3n) is 8.42. The highest BCUT2D eigenvalue weighted by Gasteiger charge is 2.41. The minimum Gasteiger partial charge on any atom is -0.388 e. The van der Waals surface area contributed by atoms with E-state index in [1.54, 1.807) is 18.3 Å². The van der Waals surface area contributed by atoms with Crippen molar-refractivity contribution in [3.63, 3.8) is 0 Å². The van der Waals surface area contributed by atoms with E-state index in [-0.39, 0.29) is 23.2 Å². The molecular weight excluding hydrogens is 497 g/mol. The van der Waals surface area contributed by atoms with E-state index in [9.17, 15) is 14.3 Å². The number of aliphatic hydroxyl groups excluding tert-OH is 1. The Morgan fingerprint density at radius 1 is 1.26 bits per heavy atom. The van der Waals surface area contributed by atoms with Crippen LogP contribution in [0.5, 0.6) is 0 Å². The van der Waals surface area contributed by atoms with Gasteiger partial charge in [-0.1, -0.05) is 26.0 Å². The molecule has 1 unspecified atom stereocenters. The van der Waals surface area contributed by atoms with Gasteiger partial charge in [0.1, 0.15) is 5.82 Å². The number of morpholine rings is 1. The van der Waals surface area contributed by atoms with Gasteiger partial charge >= 0.3 is 0 Å². The Balaban J connectivity index is 1.32. The fourth-order valence-electron chi connectivity index (χ4n) is 6.09. The summed E-state index contributed by atoms with van der Waals surface area (Å²) in [5, 5.41) is 14.6. The van der Waals surface area contributed by atoms with E-state index in [4.69, 9.17) is 9.72 Å². The minimum absolute atomic E-state index is 0.0583. The van der Waals surface area contributed by atoms with Gasteiger partial charge in [0.15, 0.2) is 0 Å². The summed E-state index contributed by atoms with van der Waals surface area (Å²) in [6, 6.07) is 8.99. The molecule has 0 saturated carbocycles. The number of halogens is 1. The van der Waals surface area contributed by atoms with Crippen molar-refractivity contribution in [1.29, 1.82) is 0 Å². The number of aromatic nitrogens is 1. The van der Waals surface area contributed by atoms with Crippen LogP contribution in [0.3, 0.4) is 0 Å². The maximum Gasteiger partial charge on any atom is 0.241 e. The SMILES string of the molecule is C[C@@H]1CN(CC(=O)N2CC(C)(C)c3ncc(C(O)Cc4ccc(F)cc4)cc32)[C@@H](CN2CCOC[C@H]2C)CN1. The number of ether oxygens (including phenoxy) is 1. The largest absolute Gasteiger partial charge is 0.388 e. The zero-order chi connectivity index (χ0) is 27.7. The Hall–Kier alpha value is -2.43. The molecule has 0 radical (unpaired) electrons. The second kappa shape index (κ2) is 11.6. The maximum absolute atomic E-state index is 13.9. The molecule has 39 heavy (non-hydrogen) atoms. The van der Waals surface area contributed by atoms with Crippen molar-refractivity contribution in [3.8, 4) is 0 Å². The van der Waals surface area contributed by atoms with Crippen molar-refractivity contribution >= 4 is 11.6 Å². The Morgan fingerprint density at radius 3 is 2.77 bits per heavy atom. The molecule has 5 rings (SSSR count). The van der Waals surface area contributed by atoms with Crippen LogP contribution in [0.1, 0.15) is 50.6 Å². The lowest BCUT2D eigenvalue weighted by molar-refractivity contribution is -0.121.